The van der Waals surface area contributed by atoms with Crippen LogP contribution in [0, 0.1) is 10.1 Å². The molecular formula is C17H17ClN4O4. The maximum Gasteiger partial charge on any atom is 0.308 e. The first-order valence-electron chi connectivity index (χ1n) is 7.91. The summed E-state index contributed by atoms with van der Waals surface area (Å²) in [7, 11) is 0. The van der Waals surface area contributed by atoms with Crippen molar-refractivity contribution in [1.29, 1.82) is 0 Å². The summed E-state index contributed by atoms with van der Waals surface area (Å²) >= 11 is 6.13. The third-order valence-corrected chi connectivity index (χ3v) is 3.82. The molecule has 0 radical (unpaired) electrons. The predicted molar refractivity (Wildman–Crippen MR) is 96.6 cm³/mol. The number of non-ortho nitro benzene ring substituents is 1. The molecule has 0 spiro atoms. The highest BCUT2D eigenvalue weighted by Gasteiger charge is 2.16. The summed E-state index contributed by atoms with van der Waals surface area (Å²) in [4.78, 5) is 29.6. The van der Waals surface area contributed by atoms with Gasteiger partial charge in [-0.05, 0) is 5.56 Å². The number of hydrogen-bond donors (Lipinski definition) is 1. The molecule has 2 heterocycles. The molecule has 3 rings (SSSR count). The molecular weight excluding hydrogens is 360 g/mol. The lowest BCUT2D eigenvalue weighted by atomic mass is 10.1. The minimum atomic E-state index is -1.02. The van der Waals surface area contributed by atoms with Gasteiger partial charge in [-0.15, -0.1) is 0 Å². The zero-order valence-electron chi connectivity index (χ0n) is 14.2. The van der Waals surface area contributed by atoms with Crippen molar-refractivity contribution in [2.75, 3.05) is 0 Å². The zero-order valence-corrected chi connectivity index (χ0v) is 15.0. The van der Waals surface area contributed by atoms with Crippen molar-refractivity contribution in [3.05, 3.63) is 68.9 Å². The van der Waals surface area contributed by atoms with E-state index in [2.05, 4.69) is 9.97 Å². The molecule has 0 saturated carbocycles. The largest absolute Gasteiger partial charge is 0.481 e. The van der Waals surface area contributed by atoms with Gasteiger partial charge in [0.05, 0.1) is 11.3 Å². The quantitative estimate of drug-likeness (QED) is 0.414. The molecule has 0 atom stereocenters. The second-order valence-electron chi connectivity index (χ2n) is 5.09. The number of nitro benzene ring substituents is 1. The summed E-state index contributed by atoms with van der Waals surface area (Å²) in [6, 6.07) is 6.12. The van der Waals surface area contributed by atoms with Crippen LogP contribution in [-0.4, -0.2) is 30.4 Å². The molecule has 0 bridgehead atoms. The van der Waals surface area contributed by atoms with Gasteiger partial charge in [0.25, 0.3) is 5.69 Å². The van der Waals surface area contributed by atoms with Crippen molar-refractivity contribution in [2.45, 2.75) is 26.7 Å². The molecule has 1 N–H and O–H groups in total. The fraction of sp³-hybridized carbons (Fsp3) is 0.235. The van der Waals surface area contributed by atoms with Crippen LogP contribution < -0.4 is 0 Å². The number of benzene rings is 1. The zero-order chi connectivity index (χ0) is 19.3. The van der Waals surface area contributed by atoms with Crippen molar-refractivity contribution >= 4 is 28.9 Å². The van der Waals surface area contributed by atoms with Crippen LogP contribution in [0.15, 0.2) is 36.7 Å². The lowest BCUT2D eigenvalue weighted by molar-refractivity contribution is -0.384. The minimum absolute atomic E-state index is 0.00863. The summed E-state index contributed by atoms with van der Waals surface area (Å²) in [5.41, 5.74) is 1.61. The summed E-state index contributed by atoms with van der Waals surface area (Å²) < 4.78 is 1.67. The Morgan fingerprint density at radius 1 is 1.31 bits per heavy atom. The van der Waals surface area contributed by atoms with E-state index in [-0.39, 0.29) is 17.3 Å². The van der Waals surface area contributed by atoms with Gasteiger partial charge in [-0.1, -0.05) is 37.6 Å². The van der Waals surface area contributed by atoms with Crippen LogP contribution in [0.4, 0.5) is 5.69 Å². The number of fused-ring (bicyclic) bond motifs is 1. The third kappa shape index (κ3) is 4.15. The van der Waals surface area contributed by atoms with Gasteiger partial charge in [-0.25, -0.2) is 9.97 Å². The van der Waals surface area contributed by atoms with Crippen LogP contribution in [0.2, 0.25) is 5.15 Å². The molecule has 26 heavy (non-hydrogen) atoms. The maximum atomic E-state index is 11.0. The van der Waals surface area contributed by atoms with Crippen molar-refractivity contribution in [3.63, 3.8) is 0 Å². The van der Waals surface area contributed by atoms with Gasteiger partial charge in [0, 0.05) is 36.5 Å². The number of halogens is 1. The number of nitrogens with zero attached hydrogens (tertiary/aromatic N) is 4. The minimum Gasteiger partial charge on any atom is -0.481 e. The first-order chi connectivity index (χ1) is 12.5. The van der Waals surface area contributed by atoms with E-state index in [0.717, 1.165) is 5.56 Å². The maximum absolute atomic E-state index is 11.0. The highest BCUT2D eigenvalue weighted by molar-refractivity contribution is 6.30. The molecule has 136 valence electrons. The average Bonchev–Trinajstić information content (AvgIpc) is 3.10. The summed E-state index contributed by atoms with van der Waals surface area (Å²) in [5, 5.41) is 19.8. The number of imidazole rings is 1. The first kappa shape index (κ1) is 19.3. The lowest BCUT2D eigenvalue weighted by Crippen LogP contribution is -2.09. The Morgan fingerprint density at radius 3 is 2.54 bits per heavy atom. The number of hydrogen-bond acceptors (Lipinski definition) is 5. The van der Waals surface area contributed by atoms with Crippen LogP contribution in [0.1, 0.15) is 30.8 Å². The molecule has 0 amide bonds. The number of carboxylic acids is 1. The Kier molecular flexibility index (Phi) is 6.24. The number of aromatic nitrogens is 3. The van der Waals surface area contributed by atoms with E-state index in [1.54, 1.807) is 22.7 Å². The van der Waals surface area contributed by atoms with Crippen molar-refractivity contribution in [2.24, 2.45) is 0 Å². The number of aliphatic carboxylic acids is 1. The van der Waals surface area contributed by atoms with Crippen LogP contribution in [0.5, 0.6) is 0 Å². The number of carboxylic acid groups (broad SMARTS) is 1. The van der Waals surface area contributed by atoms with E-state index >= 15 is 0 Å². The van der Waals surface area contributed by atoms with Crippen LogP contribution in [0.3, 0.4) is 0 Å². The molecule has 3 aromatic rings. The average molecular weight is 377 g/mol. The van der Waals surface area contributed by atoms with Gasteiger partial charge in [0.2, 0.25) is 0 Å². The van der Waals surface area contributed by atoms with Crippen LogP contribution in [-0.2, 0) is 17.6 Å². The Balaban J connectivity index is 0.00000117. The van der Waals surface area contributed by atoms with Crippen molar-refractivity contribution < 1.29 is 14.8 Å². The number of carbonyl (C=O) groups is 1. The topological polar surface area (TPSA) is 111 Å². The highest BCUT2D eigenvalue weighted by Crippen LogP contribution is 2.22. The summed E-state index contributed by atoms with van der Waals surface area (Å²) in [6.45, 7) is 4.00. The predicted octanol–water partition coefficient (Wildman–Crippen LogP) is 3.54. The highest BCUT2D eigenvalue weighted by atomic mass is 35.5. The van der Waals surface area contributed by atoms with Crippen LogP contribution >= 0.6 is 11.6 Å². The van der Waals surface area contributed by atoms with E-state index in [9.17, 15) is 14.9 Å². The molecule has 0 unspecified atom stereocenters. The normalized spacial score (nSPS) is 10.3. The molecule has 8 nitrogen and oxygen atoms in total. The molecule has 0 fully saturated rings. The molecule has 1 aromatic carbocycles. The van der Waals surface area contributed by atoms with Gasteiger partial charge < -0.3 is 5.11 Å². The van der Waals surface area contributed by atoms with Gasteiger partial charge >= 0.3 is 5.97 Å². The fourth-order valence-corrected chi connectivity index (χ4v) is 2.66. The standard InChI is InChI=1S/C15H11ClN4O4.C2H6/c16-14-11(8-13(21)22)15-17-5-6-19(15)12(18-14)7-9-1-3-10(4-2-9)20(23)24;1-2/h1-6H,7-8H2,(H,21,22);1-2H3. The molecule has 0 aliphatic rings. The SMILES string of the molecule is CC.O=C(O)Cc1c(Cl)nc(Cc2ccc([N+](=O)[O-])cc2)n2ccnc12. The second kappa shape index (κ2) is 8.39. The van der Waals surface area contributed by atoms with Crippen molar-refractivity contribution in [3.8, 4) is 0 Å². The Labute approximate surface area is 154 Å². The Morgan fingerprint density at radius 2 is 1.96 bits per heavy atom. The van der Waals surface area contributed by atoms with Gasteiger partial charge in [-0.3, -0.25) is 19.3 Å². The van der Waals surface area contributed by atoms with E-state index < -0.39 is 10.9 Å². The monoisotopic (exact) mass is 376 g/mol. The molecule has 2 aromatic heterocycles. The smallest absolute Gasteiger partial charge is 0.308 e. The second-order valence-corrected chi connectivity index (χ2v) is 5.45. The van der Waals surface area contributed by atoms with Gasteiger partial charge in [-0.2, -0.15) is 0 Å². The van der Waals surface area contributed by atoms with Gasteiger partial charge in [0.1, 0.15) is 16.6 Å². The van der Waals surface area contributed by atoms with E-state index in [0.29, 0.717) is 23.5 Å². The molecule has 9 heteroatoms. The Hall–Kier alpha value is -3.00. The van der Waals surface area contributed by atoms with Gasteiger partial charge in [0.15, 0.2) is 0 Å². The first-order valence-corrected chi connectivity index (χ1v) is 8.29. The van der Waals surface area contributed by atoms with E-state index in [1.165, 1.54) is 18.3 Å². The van der Waals surface area contributed by atoms with E-state index in [1.807, 2.05) is 13.8 Å². The number of rotatable bonds is 5. The van der Waals surface area contributed by atoms with E-state index in [4.69, 9.17) is 16.7 Å². The Bertz CT molecular complexity index is 938. The number of nitro groups is 1. The third-order valence-electron chi connectivity index (χ3n) is 3.50. The summed E-state index contributed by atoms with van der Waals surface area (Å²) in [6.07, 6.45) is 3.31. The fourth-order valence-electron chi connectivity index (χ4n) is 2.41. The molecule has 0 saturated heterocycles. The van der Waals surface area contributed by atoms with Crippen molar-refractivity contribution in [1.82, 2.24) is 14.4 Å². The summed E-state index contributed by atoms with van der Waals surface area (Å²) in [5.74, 6) is -0.456. The van der Waals surface area contributed by atoms with Crippen LogP contribution in [0.25, 0.3) is 5.65 Å². The molecule has 0 aliphatic carbocycles. The lowest BCUT2D eigenvalue weighted by Gasteiger charge is -2.09. The molecule has 0 aliphatic heterocycles.